The number of ketones is 1. The standard InChI is InChI=1S/C12H23N2O/c1-12(2,3)11(15)10-14-7-4-13(5-8-14)6-9-14/h4-10H2,1-3H3/q+1. The number of fused-ring (bicyclic) bond motifs is 3. The van der Waals surface area contributed by atoms with Gasteiger partial charge in [0.2, 0.25) is 0 Å². The summed E-state index contributed by atoms with van der Waals surface area (Å²) in [5.74, 6) is 0.429. The van der Waals surface area contributed by atoms with Crippen LogP contribution in [0.25, 0.3) is 0 Å². The van der Waals surface area contributed by atoms with Gasteiger partial charge in [-0.25, -0.2) is 0 Å². The van der Waals surface area contributed by atoms with Gasteiger partial charge >= 0.3 is 0 Å². The van der Waals surface area contributed by atoms with Crippen molar-refractivity contribution in [2.24, 2.45) is 5.41 Å². The van der Waals surface area contributed by atoms with Gasteiger partial charge in [-0.1, -0.05) is 20.8 Å². The zero-order chi connectivity index (χ0) is 11.1. The van der Waals surface area contributed by atoms with E-state index < -0.39 is 0 Å². The van der Waals surface area contributed by atoms with Crippen molar-refractivity contribution in [3.05, 3.63) is 0 Å². The zero-order valence-corrected chi connectivity index (χ0v) is 10.3. The first kappa shape index (κ1) is 11.1. The van der Waals surface area contributed by atoms with Crippen molar-refractivity contribution in [1.29, 1.82) is 0 Å². The Morgan fingerprint density at radius 1 is 1.13 bits per heavy atom. The van der Waals surface area contributed by atoms with E-state index in [4.69, 9.17) is 0 Å². The predicted octanol–water partition coefficient (Wildman–Crippen LogP) is 0.748. The summed E-state index contributed by atoms with van der Waals surface area (Å²) in [6, 6.07) is 0. The van der Waals surface area contributed by atoms with Crippen molar-refractivity contribution in [1.82, 2.24) is 4.90 Å². The molecule has 0 atom stereocenters. The number of carbonyl (C=O) groups is 1. The maximum atomic E-state index is 12.1. The third kappa shape index (κ3) is 2.23. The molecule has 0 aromatic rings. The largest absolute Gasteiger partial charge is 0.314 e. The molecular weight excluding hydrogens is 188 g/mol. The van der Waals surface area contributed by atoms with Gasteiger partial charge in [-0.3, -0.25) is 9.69 Å². The monoisotopic (exact) mass is 211 g/mol. The topological polar surface area (TPSA) is 20.3 Å². The van der Waals surface area contributed by atoms with Gasteiger partial charge in [0.05, 0.1) is 19.6 Å². The molecule has 2 bridgehead atoms. The number of hydrogen-bond donors (Lipinski definition) is 0. The second-order valence-corrected chi connectivity index (χ2v) is 6.19. The SMILES string of the molecule is CC(C)(C)C(=O)C[N+]12CCN(CC1)CC2. The Morgan fingerprint density at radius 2 is 1.60 bits per heavy atom. The van der Waals surface area contributed by atoms with E-state index in [2.05, 4.69) is 4.90 Å². The van der Waals surface area contributed by atoms with Gasteiger partial charge in [-0.15, -0.1) is 0 Å². The lowest BCUT2D eigenvalue weighted by atomic mass is 9.89. The highest BCUT2D eigenvalue weighted by atomic mass is 16.1. The van der Waals surface area contributed by atoms with Gasteiger partial charge in [-0.2, -0.15) is 0 Å². The van der Waals surface area contributed by atoms with Crippen molar-refractivity contribution in [2.75, 3.05) is 45.8 Å². The van der Waals surface area contributed by atoms with E-state index in [0.717, 1.165) is 11.0 Å². The summed E-state index contributed by atoms with van der Waals surface area (Å²) < 4.78 is 1.06. The molecule has 0 aromatic heterocycles. The maximum Gasteiger partial charge on any atom is 0.192 e. The number of nitrogens with zero attached hydrogens (tertiary/aromatic N) is 2. The van der Waals surface area contributed by atoms with Gasteiger partial charge < -0.3 is 4.48 Å². The summed E-state index contributed by atoms with van der Waals surface area (Å²) >= 11 is 0. The van der Waals surface area contributed by atoms with E-state index >= 15 is 0 Å². The highest BCUT2D eigenvalue weighted by Crippen LogP contribution is 2.23. The summed E-state index contributed by atoms with van der Waals surface area (Å²) in [4.78, 5) is 14.6. The van der Waals surface area contributed by atoms with Crippen molar-refractivity contribution < 1.29 is 9.28 Å². The average molecular weight is 211 g/mol. The zero-order valence-electron chi connectivity index (χ0n) is 10.3. The fourth-order valence-corrected chi connectivity index (χ4v) is 2.51. The first-order valence-electron chi connectivity index (χ1n) is 6.02. The second-order valence-electron chi connectivity index (χ2n) is 6.19. The molecule has 0 aromatic carbocycles. The van der Waals surface area contributed by atoms with Crippen molar-refractivity contribution in [3.63, 3.8) is 0 Å². The maximum absolute atomic E-state index is 12.1. The Morgan fingerprint density at radius 3 is 2.00 bits per heavy atom. The number of quaternary nitrogens is 1. The summed E-state index contributed by atoms with van der Waals surface area (Å²) in [6.07, 6.45) is 0. The third-order valence-electron chi connectivity index (χ3n) is 3.99. The molecule has 0 unspecified atom stereocenters. The summed E-state index contributed by atoms with van der Waals surface area (Å²) in [5.41, 5.74) is -0.165. The number of rotatable bonds is 2. The molecule has 3 fully saturated rings. The van der Waals surface area contributed by atoms with E-state index in [-0.39, 0.29) is 5.41 Å². The lowest BCUT2D eigenvalue weighted by Crippen LogP contribution is -2.68. The quantitative estimate of drug-likeness (QED) is 0.628. The lowest BCUT2D eigenvalue weighted by molar-refractivity contribution is -0.933. The molecule has 3 rings (SSSR count). The predicted molar refractivity (Wildman–Crippen MR) is 60.6 cm³/mol. The molecule has 0 N–H and O–H groups in total. The Hall–Kier alpha value is -0.410. The fraction of sp³-hybridized carbons (Fsp3) is 0.917. The molecule has 3 aliphatic rings. The van der Waals surface area contributed by atoms with Gasteiger partial charge in [0, 0.05) is 25.0 Å². The van der Waals surface area contributed by atoms with Crippen LogP contribution in [0.5, 0.6) is 0 Å². The van der Waals surface area contributed by atoms with E-state index in [9.17, 15) is 4.79 Å². The molecule has 0 amide bonds. The molecule has 15 heavy (non-hydrogen) atoms. The van der Waals surface area contributed by atoms with Crippen LogP contribution in [0.3, 0.4) is 0 Å². The first-order chi connectivity index (χ1) is 6.91. The summed E-state index contributed by atoms with van der Waals surface area (Å²) in [5, 5.41) is 0. The van der Waals surface area contributed by atoms with Crippen LogP contribution in [0, 0.1) is 5.41 Å². The Balaban J connectivity index is 2.01. The molecule has 0 spiro atoms. The molecule has 0 saturated carbocycles. The van der Waals surface area contributed by atoms with Crippen LogP contribution in [-0.4, -0.2) is 61.0 Å². The summed E-state index contributed by atoms with van der Waals surface area (Å²) in [6.45, 7) is 14.0. The van der Waals surface area contributed by atoms with Crippen LogP contribution >= 0.6 is 0 Å². The van der Waals surface area contributed by atoms with Gasteiger partial charge in [0.1, 0.15) is 6.54 Å². The number of Topliss-reactive ketones (excluding diaryl/α,β-unsaturated/α-hetero) is 1. The molecule has 3 heteroatoms. The Kier molecular flexibility index (Phi) is 2.63. The van der Waals surface area contributed by atoms with Gasteiger partial charge in [0.15, 0.2) is 5.78 Å². The minimum Gasteiger partial charge on any atom is -0.314 e. The number of hydrogen-bond acceptors (Lipinski definition) is 2. The minimum absolute atomic E-state index is 0.165. The van der Waals surface area contributed by atoms with E-state index in [0.29, 0.717) is 5.78 Å². The van der Waals surface area contributed by atoms with Crippen LogP contribution in [0.1, 0.15) is 20.8 Å². The lowest BCUT2D eigenvalue weighted by Gasteiger charge is -2.50. The van der Waals surface area contributed by atoms with Crippen LogP contribution in [0.2, 0.25) is 0 Å². The normalized spacial score (nSPS) is 35.5. The molecule has 3 heterocycles. The Bertz CT molecular complexity index is 246. The highest BCUT2D eigenvalue weighted by Gasteiger charge is 2.41. The smallest absolute Gasteiger partial charge is 0.192 e. The Labute approximate surface area is 92.6 Å². The fourth-order valence-electron chi connectivity index (χ4n) is 2.51. The molecule has 0 aliphatic carbocycles. The second kappa shape index (κ2) is 3.56. The van der Waals surface area contributed by atoms with Crippen LogP contribution < -0.4 is 0 Å². The van der Waals surface area contributed by atoms with Crippen molar-refractivity contribution in [2.45, 2.75) is 20.8 Å². The molecule has 3 aliphatic heterocycles. The van der Waals surface area contributed by atoms with Gasteiger partial charge in [-0.05, 0) is 0 Å². The molecule has 86 valence electrons. The van der Waals surface area contributed by atoms with Gasteiger partial charge in [0.25, 0.3) is 0 Å². The molecule has 0 radical (unpaired) electrons. The van der Waals surface area contributed by atoms with E-state index in [1.165, 1.54) is 39.3 Å². The molecule has 3 nitrogen and oxygen atoms in total. The average Bonchev–Trinajstić information content (AvgIpc) is 2.18. The van der Waals surface area contributed by atoms with Crippen LogP contribution in [0.4, 0.5) is 0 Å². The minimum atomic E-state index is -0.165. The number of piperazine rings is 3. The van der Waals surface area contributed by atoms with E-state index in [1.54, 1.807) is 0 Å². The van der Waals surface area contributed by atoms with Crippen LogP contribution in [0.15, 0.2) is 0 Å². The highest BCUT2D eigenvalue weighted by molar-refractivity contribution is 5.84. The van der Waals surface area contributed by atoms with Crippen molar-refractivity contribution >= 4 is 5.78 Å². The summed E-state index contributed by atoms with van der Waals surface area (Å²) in [7, 11) is 0. The van der Waals surface area contributed by atoms with Crippen LogP contribution in [-0.2, 0) is 4.79 Å². The third-order valence-corrected chi connectivity index (χ3v) is 3.99. The van der Waals surface area contributed by atoms with E-state index in [1.807, 2.05) is 20.8 Å². The number of carbonyl (C=O) groups excluding carboxylic acids is 1. The van der Waals surface area contributed by atoms with Crippen molar-refractivity contribution in [3.8, 4) is 0 Å². The molecule has 3 saturated heterocycles. The first-order valence-corrected chi connectivity index (χ1v) is 6.02. The molecular formula is C12H23N2O+.